The molecule has 4 heteroatoms. The second-order valence-corrected chi connectivity index (χ2v) is 6.08. The fraction of sp³-hybridized carbons (Fsp3) is 0.600. The van der Waals surface area contributed by atoms with Gasteiger partial charge in [0, 0.05) is 18.2 Å². The van der Waals surface area contributed by atoms with E-state index in [9.17, 15) is 8.78 Å². The minimum atomic E-state index is -0.366. The molecule has 1 rings (SSSR count). The highest BCUT2D eigenvalue weighted by molar-refractivity contribution is 5.27. The summed E-state index contributed by atoms with van der Waals surface area (Å²) in [6.07, 6.45) is 0. The summed E-state index contributed by atoms with van der Waals surface area (Å²) in [5.74, 6) is -0.724. The molecule has 1 unspecified atom stereocenters. The molecule has 1 atom stereocenters. The van der Waals surface area contributed by atoms with Crippen molar-refractivity contribution in [3.63, 3.8) is 0 Å². The quantitative estimate of drug-likeness (QED) is 0.890. The molecule has 108 valence electrons. The van der Waals surface area contributed by atoms with Crippen LogP contribution in [0.4, 0.5) is 8.78 Å². The lowest BCUT2D eigenvalue weighted by Crippen LogP contribution is -2.38. The predicted molar refractivity (Wildman–Crippen MR) is 75.0 cm³/mol. The molecule has 0 fully saturated rings. The van der Waals surface area contributed by atoms with Crippen molar-refractivity contribution in [2.45, 2.75) is 33.7 Å². The molecule has 0 aromatic heterocycles. The van der Waals surface area contributed by atoms with Crippen molar-refractivity contribution in [1.82, 2.24) is 4.90 Å². The Balaban J connectivity index is 2.94. The average molecular weight is 270 g/mol. The van der Waals surface area contributed by atoms with Gasteiger partial charge in [-0.2, -0.15) is 0 Å². The third-order valence-corrected chi connectivity index (χ3v) is 3.62. The van der Waals surface area contributed by atoms with Crippen LogP contribution in [0.2, 0.25) is 0 Å². The monoisotopic (exact) mass is 270 g/mol. The van der Waals surface area contributed by atoms with E-state index >= 15 is 0 Å². The van der Waals surface area contributed by atoms with Crippen molar-refractivity contribution < 1.29 is 8.78 Å². The van der Waals surface area contributed by atoms with E-state index in [1.807, 2.05) is 18.9 Å². The molecule has 0 aliphatic heterocycles. The Labute approximate surface area is 114 Å². The summed E-state index contributed by atoms with van der Waals surface area (Å²) < 4.78 is 27.5. The summed E-state index contributed by atoms with van der Waals surface area (Å²) in [6.45, 7) is 8.83. The maximum absolute atomic E-state index is 13.9. The van der Waals surface area contributed by atoms with Gasteiger partial charge >= 0.3 is 0 Å². The molecular formula is C15H24F2N2. The number of halogens is 2. The summed E-state index contributed by atoms with van der Waals surface area (Å²) in [5.41, 5.74) is 6.37. The molecule has 0 bridgehead atoms. The summed E-state index contributed by atoms with van der Waals surface area (Å²) in [7, 11) is 1.90. The number of nitrogens with two attached hydrogens (primary N) is 1. The zero-order valence-corrected chi connectivity index (χ0v) is 12.4. The Kier molecular flexibility index (Phi) is 5.04. The molecule has 1 aromatic carbocycles. The Morgan fingerprint density at radius 3 is 2.37 bits per heavy atom. The van der Waals surface area contributed by atoms with Gasteiger partial charge in [-0.15, -0.1) is 0 Å². The SMILES string of the molecule is Cc1cc(F)c(C(C)N(C)CC(C)(C)CN)cc1F. The van der Waals surface area contributed by atoms with Gasteiger partial charge in [-0.3, -0.25) is 4.90 Å². The number of hydrogen-bond acceptors (Lipinski definition) is 2. The zero-order chi connectivity index (χ0) is 14.8. The van der Waals surface area contributed by atoms with Crippen molar-refractivity contribution >= 4 is 0 Å². The Morgan fingerprint density at radius 2 is 1.84 bits per heavy atom. The van der Waals surface area contributed by atoms with Crippen molar-refractivity contribution in [2.75, 3.05) is 20.1 Å². The second kappa shape index (κ2) is 5.97. The molecule has 1 aromatic rings. The van der Waals surface area contributed by atoms with Gasteiger partial charge in [0.25, 0.3) is 0 Å². The third-order valence-electron chi connectivity index (χ3n) is 3.62. The van der Waals surface area contributed by atoms with E-state index in [1.165, 1.54) is 12.1 Å². The van der Waals surface area contributed by atoms with Gasteiger partial charge in [0.05, 0.1) is 0 Å². The van der Waals surface area contributed by atoms with Crippen LogP contribution in [-0.2, 0) is 0 Å². The van der Waals surface area contributed by atoms with Gasteiger partial charge in [-0.05, 0) is 50.6 Å². The van der Waals surface area contributed by atoms with Crippen LogP contribution in [0.15, 0.2) is 12.1 Å². The van der Waals surface area contributed by atoms with E-state index in [4.69, 9.17) is 5.73 Å². The number of aryl methyl sites for hydroxylation is 1. The maximum atomic E-state index is 13.9. The van der Waals surface area contributed by atoms with E-state index in [0.717, 1.165) is 6.54 Å². The molecule has 0 saturated heterocycles. The van der Waals surface area contributed by atoms with Gasteiger partial charge in [0.2, 0.25) is 0 Å². The van der Waals surface area contributed by atoms with Crippen LogP contribution in [0.25, 0.3) is 0 Å². The molecular weight excluding hydrogens is 246 g/mol. The van der Waals surface area contributed by atoms with Crippen LogP contribution in [0, 0.1) is 24.0 Å². The highest BCUT2D eigenvalue weighted by Crippen LogP contribution is 2.27. The highest BCUT2D eigenvalue weighted by atomic mass is 19.1. The van der Waals surface area contributed by atoms with Crippen molar-refractivity contribution in [3.8, 4) is 0 Å². The average Bonchev–Trinajstić information content (AvgIpc) is 2.32. The lowest BCUT2D eigenvalue weighted by molar-refractivity contribution is 0.171. The number of benzene rings is 1. The van der Waals surface area contributed by atoms with Gasteiger partial charge in [-0.25, -0.2) is 8.78 Å². The maximum Gasteiger partial charge on any atom is 0.128 e. The minimum Gasteiger partial charge on any atom is -0.330 e. The summed E-state index contributed by atoms with van der Waals surface area (Å²) in [5, 5.41) is 0. The molecule has 0 heterocycles. The molecule has 0 radical (unpaired) electrons. The van der Waals surface area contributed by atoms with Crippen molar-refractivity contribution in [1.29, 1.82) is 0 Å². The number of nitrogens with zero attached hydrogens (tertiary/aromatic N) is 1. The summed E-state index contributed by atoms with van der Waals surface area (Å²) >= 11 is 0. The first kappa shape index (κ1) is 16.1. The van der Waals surface area contributed by atoms with E-state index in [-0.39, 0.29) is 23.1 Å². The second-order valence-electron chi connectivity index (χ2n) is 6.08. The molecule has 0 saturated carbocycles. The standard InChI is InChI=1S/C15H24F2N2/c1-10-6-14(17)12(7-13(10)16)11(2)19(5)9-15(3,4)8-18/h6-7,11H,8-9,18H2,1-5H3. The minimum absolute atomic E-state index is 0.0528. The van der Waals surface area contributed by atoms with Crippen LogP contribution in [0.5, 0.6) is 0 Å². The van der Waals surface area contributed by atoms with Gasteiger partial charge < -0.3 is 5.73 Å². The van der Waals surface area contributed by atoms with Crippen LogP contribution >= 0.6 is 0 Å². The first-order valence-electron chi connectivity index (χ1n) is 6.54. The third kappa shape index (κ3) is 3.98. The van der Waals surface area contributed by atoms with E-state index in [2.05, 4.69) is 13.8 Å². The normalized spacial score (nSPS) is 13.9. The van der Waals surface area contributed by atoms with Crippen LogP contribution in [-0.4, -0.2) is 25.0 Å². The van der Waals surface area contributed by atoms with Gasteiger partial charge in [-0.1, -0.05) is 13.8 Å². The predicted octanol–water partition coefficient (Wildman–Crippen LogP) is 3.25. The summed E-state index contributed by atoms with van der Waals surface area (Å²) in [6, 6.07) is 2.35. The molecule has 19 heavy (non-hydrogen) atoms. The highest BCUT2D eigenvalue weighted by Gasteiger charge is 2.23. The Morgan fingerprint density at radius 1 is 1.26 bits per heavy atom. The fourth-order valence-corrected chi connectivity index (χ4v) is 2.10. The fourth-order valence-electron chi connectivity index (χ4n) is 2.10. The van der Waals surface area contributed by atoms with Crippen molar-refractivity contribution in [2.24, 2.45) is 11.1 Å². The van der Waals surface area contributed by atoms with E-state index in [0.29, 0.717) is 17.7 Å². The topological polar surface area (TPSA) is 29.3 Å². The number of rotatable bonds is 5. The zero-order valence-electron chi connectivity index (χ0n) is 12.4. The molecule has 0 spiro atoms. The Hall–Kier alpha value is -1.00. The first-order chi connectivity index (χ1) is 8.68. The van der Waals surface area contributed by atoms with E-state index < -0.39 is 0 Å². The Bertz CT molecular complexity index is 444. The van der Waals surface area contributed by atoms with Gasteiger partial charge in [0.1, 0.15) is 11.6 Å². The van der Waals surface area contributed by atoms with E-state index in [1.54, 1.807) is 6.92 Å². The molecule has 0 aliphatic carbocycles. The summed E-state index contributed by atoms with van der Waals surface area (Å²) in [4.78, 5) is 2.00. The lowest BCUT2D eigenvalue weighted by atomic mass is 9.92. The molecule has 0 amide bonds. The molecule has 2 nitrogen and oxygen atoms in total. The molecule has 0 aliphatic rings. The molecule has 2 N–H and O–H groups in total. The smallest absolute Gasteiger partial charge is 0.128 e. The van der Waals surface area contributed by atoms with Crippen molar-refractivity contribution in [3.05, 3.63) is 34.9 Å². The first-order valence-corrected chi connectivity index (χ1v) is 6.54. The number of hydrogen-bond donors (Lipinski definition) is 1. The largest absolute Gasteiger partial charge is 0.330 e. The van der Waals surface area contributed by atoms with Crippen LogP contribution in [0.1, 0.15) is 37.9 Å². The van der Waals surface area contributed by atoms with Crippen LogP contribution < -0.4 is 5.73 Å². The lowest BCUT2D eigenvalue weighted by Gasteiger charge is -2.33. The van der Waals surface area contributed by atoms with Crippen LogP contribution in [0.3, 0.4) is 0 Å². The van der Waals surface area contributed by atoms with Gasteiger partial charge in [0.15, 0.2) is 0 Å².